The second-order valence-electron chi connectivity index (χ2n) is 3.59. The molecule has 0 saturated heterocycles. The van der Waals surface area contributed by atoms with Gasteiger partial charge in [-0.25, -0.2) is 4.57 Å². The van der Waals surface area contributed by atoms with Crippen LogP contribution in [-0.4, -0.2) is 14.5 Å². The molecule has 12 heavy (non-hydrogen) atoms. The SMILES string of the molecule is CC1(SP(=O)(O)O)CCCCC1. The summed E-state index contributed by atoms with van der Waals surface area (Å²) in [6.45, 7) is -1.93. The van der Waals surface area contributed by atoms with E-state index in [0.717, 1.165) is 37.1 Å². The van der Waals surface area contributed by atoms with Gasteiger partial charge < -0.3 is 9.79 Å². The topological polar surface area (TPSA) is 57.5 Å². The van der Waals surface area contributed by atoms with E-state index < -0.39 is 6.80 Å². The lowest BCUT2D eigenvalue weighted by Crippen LogP contribution is -2.22. The molecule has 0 aromatic rings. The molecule has 0 bridgehead atoms. The van der Waals surface area contributed by atoms with E-state index in [2.05, 4.69) is 0 Å². The first-order valence-corrected chi connectivity index (χ1v) is 7.21. The minimum absolute atomic E-state index is 0.183. The van der Waals surface area contributed by atoms with Crippen LogP contribution in [0.5, 0.6) is 0 Å². The van der Waals surface area contributed by atoms with E-state index in [1.54, 1.807) is 0 Å². The standard InChI is InChI=1S/C7H15O3PS/c1-7(12-11(8,9)10)5-3-2-4-6-7/h2-6H2,1H3,(H2,8,9,10). The fraction of sp³-hybridized carbons (Fsp3) is 1.00. The molecule has 0 unspecified atom stereocenters. The molecular formula is C7H15O3PS. The maximum absolute atomic E-state index is 10.8. The van der Waals surface area contributed by atoms with E-state index in [4.69, 9.17) is 9.79 Å². The third-order valence-electron chi connectivity index (χ3n) is 2.25. The lowest BCUT2D eigenvalue weighted by molar-refractivity contribution is 0.390. The smallest absolute Gasteiger partial charge is 0.317 e. The number of rotatable bonds is 2. The summed E-state index contributed by atoms with van der Waals surface area (Å²) in [7, 11) is 0. The highest BCUT2D eigenvalue weighted by Crippen LogP contribution is 2.60. The van der Waals surface area contributed by atoms with Gasteiger partial charge in [-0.2, -0.15) is 0 Å². The largest absolute Gasteiger partial charge is 0.384 e. The maximum atomic E-state index is 10.8. The maximum Gasteiger partial charge on any atom is 0.384 e. The first kappa shape index (κ1) is 10.6. The first-order chi connectivity index (χ1) is 5.41. The predicted octanol–water partition coefficient (Wildman–Crippen LogP) is 2.54. The van der Waals surface area contributed by atoms with Crippen LogP contribution in [0.25, 0.3) is 0 Å². The van der Waals surface area contributed by atoms with E-state index in [1.165, 1.54) is 6.42 Å². The molecule has 0 radical (unpaired) electrons. The van der Waals surface area contributed by atoms with Crippen LogP contribution in [0.15, 0.2) is 0 Å². The lowest BCUT2D eigenvalue weighted by atomic mass is 9.90. The van der Waals surface area contributed by atoms with Crippen molar-refractivity contribution < 1.29 is 14.4 Å². The van der Waals surface area contributed by atoms with Crippen molar-refractivity contribution in [3.63, 3.8) is 0 Å². The van der Waals surface area contributed by atoms with Crippen molar-refractivity contribution in [2.45, 2.75) is 43.8 Å². The van der Waals surface area contributed by atoms with Gasteiger partial charge in [-0.3, -0.25) is 0 Å². The van der Waals surface area contributed by atoms with E-state index in [9.17, 15) is 4.57 Å². The molecular weight excluding hydrogens is 195 g/mol. The quantitative estimate of drug-likeness (QED) is 0.687. The normalized spacial score (nSPS) is 23.9. The van der Waals surface area contributed by atoms with Crippen molar-refractivity contribution in [2.24, 2.45) is 0 Å². The summed E-state index contributed by atoms with van der Waals surface area (Å²) in [5, 5.41) is 0. The van der Waals surface area contributed by atoms with E-state index in [-0.39, 0.29) is 4.75 Å². The zero-order chi connectivity index (χ0) is 9.24. The number of hydrogen-bond donors (Lipinski definition) is 2. The molecule has 1 rings (SSSR count). The molecule has 1 aliphatic carbocycles. The molecule has 0 aromatic heterocycles. The van der Waals surface area contributed by atoms with Crippen LogP contribution in [-0.2, 0) is 4.57 Å². The Balaban J connectivity index is 2.53. The van der Waals surface area contributed by atoms with Gasteiger partial charge >= 0.3 is 6.80 Å². The molecule has 3 nitrogen and oxygen atoms in total. The molecule has 1 fully saturated rings. The molecule has 0 aliphatic heterocycles. The Morgan fingerprint density at radius 2 is 1.75 bits per heavy atom. The molecule has 0 aromatic carbocycles. The van der Waals surface area contributed by atoms with Crippen molar-refractivity contribution in [1.29, 1.82) is 0 Å². The summed E-state index contributed by atoms with van der Waals surface area (Å²) in [6, 6.07) is 0. The summed E-state index contributed by atoms with van der Waals surface area (Å²) in [6.07, 6.45) is 5.27. The van der Waals surface area contributed by atoms with Crippen molar-refractivity contribution >= 4 is 18.2 Å². The second-order valence-corrected chi connectivity index (χ2v) is 7.72. The monoisotopic (exact) mass is 210 g/mol. The Bertz CT molecular complexity index is 195. The Labute approximate surface area is 76.8 Å². The van der Waals surface area contributed by atoms with Crippen molar-refractivity contribution in [2.75, 3.05) is 0 Å². The highest BCUT2D eigenvalue weighted by molar-refractivity contribution is 8.55. The van der Waals surface area contributed by atoms with Gasteiger partial charge in [-0.15, -0.1) is 0 Å². The Morgan fingerprint density at radius 1 is 1.25 bits per heavy atom. The van der Waals surface area contributed by atoms with Crippen LogP contribution in [0.3, 0.4) is 0 Å². The number of hydrogen-bond acceptors (Lipinski definition) is 2. The fourth-order valence-electron chi connectivity index (χ4n) is 1.68. The Kier molecular flexibility index (Phi) is 3.27. The zero-order valence-electron chi connectivity index (χ0n) is 7.19. The van der Waals surface area contributed by atoms with Crippen LogP contribution in [0.4, 0.5) is 0 Å². The van der Waals surface area contributed by atoms with Gasteiger partial charge in [0.1, 0.15) is 0 Å². The second kappa shape index (κ2) is 3.70. The Hall–Kier alpha value is 0.500. The minimum atomic E-state index is -3.88. The third kappa shape index (κ3) is 3.48. The molecule has 1 aliphatic rings. The first-order valence-electron chi connectivity index (χ1n) is 4.18. The molecule has 2 N–H and O–H groups in total. The summed E-state index contributed by atoms with van der Waals surface area (Å²) < 4.78 is 10.6. The minimum Gasteiger partial charge on any atom is -0.317 e. The van der Waals surface area contributed by atoms with Gasteiger partial charge in [0.2, 0.25) is 0 Å². The van der Waals surface area contributed by atoms with Gasteiger partial charge in [-0.05, 0) is 31.1 Å². The predicted molar refractivity (Wildman–Crippen MR) is 51.1 cm³/mol. The average Bonchev–Trinajstić information content (AvgIpc) is 1.83. The van der Waals surface area contributed by atoms with E-state index >= 15 is 0 Å². The molecule has 0 amide bonds. The summed E-state index contributed by atoms with van der Waals surface area (Å²) in [5.74, 6) is 0. The van der Waals surface area contributed by atoms with Gasteiger partial charge in [-0.1, -0.05) is 19.3 Å². The molecule has 5 heteroatoms. The highest BCUT2D eigenvalue weighted by atomic mass is 32.7. The molecule has 0 heterocycles. The van der Waals surface area contributed by atoms with Gasteiger partial charge in [0.15, 0.2) is 0 Å². The molecule has 0 spiro atoms. The molecule has 72 valence electrons. The van der Waals surface area contributed by atoms with Gasteiger partial charge in [0, 0.05) is 4.75 Å². The van der Waals surface area contributed by atoms with E-state index in [0.29, 0.717) is 0 Å². The van der Waals surface area contributed by atoms with Crippen molar-refractivity contribution in [3.8, 4) is 0 Å². The molecule has 0 atom stereocenters. The van der Waals surface area contributed by atoms with Crippen LogP contribution in [0.2, 0.25) is 0 Å². The van der Waals surface area contributed by atoms with Crippen LogP contribution >= 0.6 is 18.2 Å². The van der Waals surface area contributed by atoms with Crippen LogP contribution < -0.4 is 0 Å². The summed E-state index contributed by atoms with van der Waals surface area (Å²) in [5.41, 5.74) is 0. The van der Waals surface area contributed by atoms with Gasteiger partial charge in [0.25, 0.3) is 0 Å². The zero-order valence-corrected chi connectivity index (χ0v) is 8.90. The lowest BCUT2D eigenvalue weighted by Gasteiger charge is -2.32. The van der Waals surface area contributed by atoms with Crippen LogP contribution in [0.1, 0.15) is 39.0 Å². The highest BCUT2D eigenvalue weighted by Gasteiger charge is 2.34. The fourth-order valence-corrected chi connectivity index (χ4v) is 4.99. The van der Waals surface area contributed by atoms with Crippen molar-refractivity contribution in [1.82, 2.24) is 0 Å². The van der Waals surface area contributed by atoms with Gasteiger partial charge in [0.05, 0.1) is 0 Å². The van der Waals surface area contributed by atoms with Crippen LogP contribution in [0, 0.1) is 0 Å². The van der Waals surface area contributed by atoms with Crippen molar-refractivity contribution in [3.05, 3.63) is 0 Å². The third-order valence-corrected chi connectivity index (χ3v) is 5.37. The average molecular weight is 210 g/mol. The Morgan fingerprint density at radius 3 is 2.17 bits per heavy atom. The summed E-state index contributed by atoms with van der Waals surface area (Å²) in [4.78, 5) is 17.6. The summed E-state index contributed by atoms with van der Waals surface area (Å²) >= 11 is 0.847. The molecule has 1 saturated carbocycles. The van der Waals surface area contributed by atoms with E-state index in [1.807, 2.05) is 6.92 Å².